The number of thioether (sulfide) groups is 1. The van der Waals surface area contributed by atoms with Gasteiger partial charge in [-0.1, -0.05) is 42.2 Å². The summed E-state index contributed by atoms with van der Waals surface area (Å²) in [4.78, 5) is 23.6. The zero-order valence-electron chi connectivity index (χ0n) is 8.35. The Morgan fingerprint density at radius 3 is 2.53 bits per heavy atom. The van der Waals surface area contributed by atoms with Gasteiger partial charge < -0.3 is 10.1 Å². The van der Waals surface area contributed by atoms with Gasteiger partial charge in [0.05, 0.1) is 5.56 Å². The molecule has 2 heterocycles. The van der Waals surface area contributed by atoms with Crippen LogP contribution < -0.4 is 5.32 Å². The van der Waals surface area contributed by atoms with Crippen molar-refractivity contribution in [1.29, 1.82) is 0 Å². The molecule has 84 valence electrons. The first-order valence-electron chi connectivity index (χ1n) is 4.76. The molecule has 0 aromatic heterocycles. The molecule has 0 radical (unpaired) electrons. The molecule has 2 aliphatic rings. The number of hydrogen-bond donors (Lipinski definition) is 1. The molecule has 3 rings (SSSR count). The number of carbonyl (C=O) groups excluding carboxylic acids is 2. The summed E-state index contributed by atoms with van der Waals surface area (Å²) < 4.78 is 5.51. The zero-order valence-corrected chi connectivity index (χ0v) is 9.98. The number of benzene rings is 1. The molecular weight excluding hydrogens is 258 g/mol. The number of fused-ring (bicyclic) bond motifs is 1. The number of hydrogen-bond acceptors (Lipinski definition) is 5. The number of esters is 1. The molecule has 1 aromatic carbocycles. The predicted octanol–water partition coefficient (Wildman–Crippen LogP) is 1.67. The van der Waals surface area contributed by atoms with Crippen LogP contribution in [0.5, 0.6) is 0 Å². The minimum absolute atomic E-state index is 0.299. The summed E-state index contributed by atoms with van der Waals surface area (Å²) in [6.45, 7) is 0. The van der Waals surface area contributed by atoms with E-state index in [1.165, 1.54) is 0 Å². The second kappa shape index (κ2) is 3.68. The van der Waals surface area contributed by atoms with Gasteiger partial charge in [0, 0.05) is 5.56 Å². The van der Waals surface area contributed by atoms with Crippen LogP contribution in [0, 0.1) is 0 Å². The number of cyclic esters (lactones) is 1. The SMILES string of the molecule is O=C1NC(=S)S/C1=C1/OC(=O)c2ccccc21. The molecule has 0 atom stereocenters. The third-order valence-corrected chi connectivity index (χ3v) is 3.62. The number of rotatable bonds is 0. The Morgan fingerprint density at radius 1 is 1.18 bits per heavy atom. The van der Waals surface area contributed by atoms with E-state index in [0.717, 1.165) is 11.8 Å². The first kappa shape index (κ1) is 10.5. The van der Waals surface area contributed by atoms with Gasteiger partial charge in [0.15, 0.2) is 5.76 Å². The third-order valence-electron chi connectivity index (χ3n) is 2.41. The van der Waals surface area contributed by atoms with Crippen molar-refractivity contribution in [3.63, 3.8) is 0 Å². The molecule has 0 unspecified atom stereocenters. The molecule has 6 heteroatoms. The van der Waals surface area contributed by atoms with Crippen LogP contribution in [-0.4, -0.2) is 16.2 Å². The summed E-state index contributed by atoms with van der Waals surface area (Å²) >= 11 is 6.00. The number of amides is 1. The molecule has 1 amide bonds. The van der Waals surface area contributed by atoms with E-state index in [1.807, 2.05) is 0 Å². The standard InChI is InChI=1S/C11H5NO3S2/c13-9-8(17-11(16)12-9)7-5-3-1-2-4-6(5)10(14)15-7/h1-4H,(H,12,13,16)/b8-7+. The van der Waals surface area contributed by atoms with Crippen LogP contribution in [0.15, 0.2) is 29.2 Å². The Kier molecular flexibility index (Phi) is 2.27. The van der Waals surface area contributed by atoms with E-state index >= 15 is 0 Å². The van der Waals surface area contributed by atoms with Gasteiger partial charge in [0.2, 0.25) is 0 Å². The Hall–Kier alpha value is -1.66. The van der Waals surface area contributed by atoms with Gasteiger partial charge in [0.1, 0.15) is 9.23 Å². The molecule has 1 aromatic rings. The maximum Gasteiger partial charge on any atom is 0.344 e. The molecule has 4 nitrogen and oxygen atoms in total. The fourth-order valence-electron chi connectivity index (χ4n) is 1.69. The zero-order chi connectivity index (χ0) is 12.0. The maximum atomic E-state index is 11.6. The molecule has 1 N–H and O–H groups in total. The van der Waals surface area contributed by atoms with Gasteiger partial charge in [-0.3, -0.25) is 4.79 Å². The normalized spacial score (nSPS) is 22.5. The molecule has 0 spiro atoms. The quantitative estimate of drug-likeness (QED) is 0.438. The van der Waals surface area contributed by atoms with Crippen molar-refractivity contribution in [2.75, 3.05) is 0 Å². The predicted molar refractivity (Wildman–Crippen MR) is 67.1 cm³/mol. The molecule has 1 fully saturated rings. The fraction of sp³-hybridized carbons (Fsp3) is 0. The van der Waals surface area contributed by atoms with Crippen LogP contribution in [0.25, 0.3) is 5.76 Å². The molecule has 1 saturated heterocycles. The molecule has 17 heavy (non-hydrogen) atoms. The summed E-state index contributed by atoms with van der Waals surface area (Å²) in [5, 5.41) is 2.50. The van der Waals surface area contributed by atoms with Crippen molar-refractivity contribution in [2.24, 2.45) is 0 Å². The second-order valence-corrected chi connectivity index (χ2v) is 5.12. The maximum absolute atomic E-state index is 11.6. The average Bonchev–Trinajstić information content (AvgIpc) is 2.80. The Morgan fingerprint density at radius 2 is 1.88 bits per heavy atom. The lowest BCUT2D eigenvalue weighted by molar-refractivity contribution is -0.115. The van der Waals surface area contributed by atoms with Crippen LogP contribution in [-0.2, 0) is 9.53 Å². The highest BCUT2D eigenvalue weighted by Gasteiger charge is 2.34. The highest BCUT2D eigenvalue weighted by molar-refractivity contribution is 8.26. The molecule has 0 saturated carbocycles. The summed E-state index contributed by atoms with van der Waals surface area (Å²) in [5.74, 6) is -0.457. The lowest BCUT2D eigenvalue weighted by atomic mass is 10.1. The summed E-state index contributed by atoms with van der Waals surface area (Å²) in [6, 6.07) is 6.95. The van der Waals surface area contributed by atoms with Gasteiger partial charge in [-0.2, -0.15) is 0 Å². The highest BCUT2D eigenvalue weighted by atomic mass is 32.2. The largest absolute Gasteiger partial charge is 0.421 e. The van der Waals surface area contributed by atoms with Gasteiger partial charge in [-0.25, -0.2) is 4.79 Å². The number of nitrogens with one attached hydrogen (secondary N) is 1. The molecule has 0 bridgehead atoms. The van der Waals surface area contributed by atoms with Crippen molar-refractivity contribution < 1.29 is 14.3 Å². The van der Waals surface area contributed by atoms with Crippen LogP contribution in [0.3, 0.4) is 0 Å². The molecule has 2 aliphatic heterocycles. The van der Waals surface area contributed by atoms with Crippen molar-refractivity contribution in [3.8, 4) is 0 Å². The monoisotopic (exact) mass is 263 g/mol. The van der Waals surface area contributed by atoms with E-state index in [1.54, 1.807) is 24.3 Å². The van der Waals surface area contributed by atoms with Crippen LogP contribution >= 0.6 is 24.0 Å². The molecule has 0 aliphatic carbocycles. The average molecular weight is 263 g/mol. The van der Waals surface area contributed by atoms with Crippen LogP contribution in [0.2, 0.25) is 0 Å². The Bertz CT molecular complexity index is 606. The van der Waals surface area contributed by atoms with Gasteiger partial charge in [0.25, 0.3) is 5.91 Å². The van der Waals surface area contributed by atoms with E-state index in [0.29, 0.717) is 26.1 Å². The first-order chi connectivity index (χ1) is 8.16. The van der Waals surface area contributed by atoms with Crippen molar-refractivity contribution in [2.45, 2.75) is 0 Å². The van der Waals surface area contributed by atoms with E-state index in [-0.39, 0.29) is 5.91 Å². The van der Waals surface area contributed by atoms with E-state index in [4.69, 9.17) is 17.0 Å². The van der Waals surface area contributed by atoms with E-state index in [2.05, 4.69) is 5.32 Å². The van der Waals surface area contributed by atoms with Crippen molar-refractivity contribution in [1.82, 2.24) is 5.32 Å². The fourth-order valence-corrected chi connectivity index (χ4v) is 2.75. The Balaban J connectivity index is 2.19. The smallest absolute Gasteiger partial charge is 0.344 e. The molecular formula is C11H5NO3S2. The minimum atomic E-state index is -0.436. The van der Waals surface area contributed by atoms with Crippen LogP contribution in [0.4, 0.5) is 0 Å². The van der Waals surface area contributed by atoms with Gasteiger partial charge in [-0.15, -0.1) is 0 Å². The van der Waals surface area contributed by atoms with E-state index in [9.17, 15) is 9.59 Å². The van der Waals surface area contributed by atoms with Crippen molar-refractivity contribution in [3.05, 3.63) is 40.3 Å². The summed E-state index contributed by atoms with van der Waals surface area (Å²) in [7, 11) is 0. The summed E-state index contributed by atoms with van der Waals surface area (Å²) in [5.41, 5.74) is 1.11. The lowest BCUT2D eigenvalue weighted by Gasteiger charge is -1.99. The number of thiocarbonyl (C=S) groups is 1. The highest BCUT2D eigenvalue weighted by Crippen LogP contribution is 2.38. The first-order valence-corrected chi connectivity index (χ1v) is 5.98. The third kappa shape index (κ3) is 1.57. The van der Waals surface area contributed by atoms with Crippen LogP contribution in [0.1, 0.15) is 15.9 Å². The van der Waals surface area contributed by atoms with Crippen molar-refractivity contribution >= 4 is 45.9 Å². The van der Waals surface area contributed by atoms with E-state index < -0.39 is 5.97 Å². The van der Waals surface area contributed by atoms with Gasteiger partial charge in [-0.05, 0) is 6.07 Å². The minimum Gasteiger partial charge on any atom is -0.421 e. The number of carbonyl (C=O) groups is 2. The second-order valence-electron chi connectivity index (χ2n) is 3.44. The number of ether oxygens (including phenoxy) is 1. The lowest BCUT2D eigenvalue weighted by Crippen LogP contribution is -2.18. The van der Waals surface area contributed by atoms with Gasteiger partial charge >= 0.3 is 5.97 Å². The summed E-state index contributed by atoms with van der Waals surface area (Å²) in [6.07, 6.45) is 0. The Labute approximate surface area is 106 Å². The topological polar surface area (TPSA) is 55.4 Å².